The number of ether oxygens (including phenoxy) is 1. The first-order valence-corrected chi connectivity index (χ1v) is 8.54. The topological polar surface area (TPSA) is 62.9 Å². The Morgan fingerprint density at radius 2 is 2.15 bits per heavy atom. The van der Waals surface area contributed by atoms with Crippen molar-refractivity contribution in [2.24, 2.45) is 4.99 Å². The highest BCUT2D eigenvalue weighted by molar-refractivity contribution is 5.79. The van der Waals surface area contributed by atoms with Crippen LogP contribution in [0.5, 0.6) is 5.75 Å². The van der Waals surface area contributed by atoms with Crippen LogP contribution in [-0.2, 0) is 6.54 Å². The van der Waals surface area contributed by atoms with Gasteiger partial charge in [-0.15, -0.1) is 0 Å². The maximum absolute atomic E-state index is 13.9. The van der Waals surface area contributed by atoms with E-state index >= 15 is 0 Å². The molecular weight excluding hydrogens is 335 g/mol. The minimum atomic E-state index is -0.367. The standard InChI is InChI=1S/C19H27FN4O2/c1-12(18-13(2)23-26-14(18)3)10-22-19(21-4)24(5)11-15-7-8-17(25-6)16(20)9-15/h7-9,12H,10-11H2,1-6H3,(H,21,22). The predicted octanol–water partition coefficient (Wildman–Crippen LogP) is 3.25. The molecule has 0 radical (unpaired) electrons. The Morgan fingerprint density at radius 3 is 2.69 bits per heavy atom. The van der Waals surface area contributed by atoms with E-state index in [9.17, 15) is 4.39 Å². The van der Waals surface area contributed by atoms with E-state index < -0.39 is 0 Å². The third-order valence-corrected chi connectivity index (χ3v) is 4.36. The highest BCUT2D eigenvalue weighted by Gasteiger charge is 2.17. The first-order chi connectivity index (χ1) is 12.4. The summed E-state index contributed by atoms with van der Waals surface area (Å²) in [6.07, 6.45) is 0. The maximum Gasteiger partial charge on any atom is 0.193 e. The van der Waals surface area contributed by atoms with Crippen LogP contribution in [0.3, 0.4) is 0 Å². The summed E-state index contributed by atoms with van der Waals surface area (Å²) in [5, 5.41) is 7.37. The molecule has 142 valence electrons. The zero-order chi connectivity index (χ0) is 19.3. The van der Waals surface area contributed by atoms with Crippen LogP contribution in [-0.4, -0.2) is 43.8 Å². The zero-order valence-corrected chi connectivity index (χ0v) is 16.3. The predicted molar refractivity (Wildman–Crippen MR) is 100 cm³/mol. The highest BCUT2D eigenvalue weighted by atomic mass is 19.1. The fraction of sp³-hybridized carbons (Fsp3) is 0.474. The van der Waals surface area contributed by atoms with Gasteiger partial charge in [0.15, 0.2) is 17.5 Å². The van der Waals surface area contributed by atoms with Gasteiger partial charge in [0.05, 0.1) is 12.8 Å². The SMILES string of the molecule is CN=C(NCC(C)c1c(C)noc1C)N(C)Cc1ccc(OC)c(F)c1. The molecule has 0 aliphatic rings. The van der Waals surface area contributed by atoms with Crippen LogP contribution in [0.1, 0.15) is 35.4 Å². The van der Waals surface area contributed by atoms with Gasteiger partial charge < -0.3 is 19.5 Å². The highest BCUT2D eigenvalue weighted by Crippen LogP contribution is 2.22. The average molecular weight is 362 g/mol. The van der Waals surface area contributed by atoms with Crippen molar-refractivity contribution in [3.63, 3.8) is 0 Å². The molecule has 1 atom stereocenters. The van der Waals surface area contributed by atoms with Crippen LogP contribution >= 0.6 is 0 Å². The van der Waals surface area contributed by atoms with Gasteiger partial charge in [-0.05, 0) is 31.5 Å². The minimum absolute atomic E-state index is 0.227. The van der Waals surface area contributed by atoms with Crippen LogP contribution in [0, 0.1) is 19.7 Å². The van der Waals surface area contributed by atoms with Crippen LogP contribution in [0.4, 0.5) is 4.39 Å². The molecule has 7 heteroatoms. The minimum Gasteiger partial charge on any atom is -0.494 e. The van der Waals surface area contributed by atoms with Crippen LogP contribution in [0.15, 0.2) is 27.7 Å². The quantitative estimate of drug-likeness (QED) is 0.631. The van der Waals surface area contributed by atoms with E-state index in [1.54, 1.807) is 13.1 Å². The number of nitrogens with zero attached hydrogens (tertiary/aromatic N) is 3. The summed E-state index contributed by atoms with van der Waals surface area (Å²) in [7, 11) is 5.10. The number of methoxy groups -OCH3 is 1. The fourth-order valence-corrected chi connectivity index (χ4v) is 3.08. The van der Waals surface area contributed by atoms with Crippen molar-refractivity contribution in [1.82, 2.24) is 15.4 Å². The number of aliphatic imine (C=N–C) groups is 1. The lowest BCUT2D eigenvalue weighted by molar-refractivity contribution is 0.385. The summed E-state index contributed by atoms with van der Waals surface area (Å²) in [6, 6.07) is 4.96. The summed E-state index contributed by atoms with van der Waals surface area (Å²) in [5.74, 6) is 1.68. The van der Waals surface area contributed by atoms with Gasteiger partial charge in [-0.25, -0.2) is 4.39 Å². The Bertz CT molecular complexity index is 753. The lowest BCUT2D eigenvalue weighted by atomic mass is 10.00. The van der Waals surface area contributed by atoms with Crippen LogP contribution < -0.4 is 10.1 Å². The molecule has 1 heterocycles. The van der Waals surface area contributed by atoms with Crippen molar-refractivity contribution < 1.29 is 13.7 Å². The van der Waals surface area contributed by atoms with E-state index in [0.29, 0.717) is 13.1 Å². The first-order valence-electron chi connectivity index (χ1n) is 8.54. The summed E-state index contributed by atoms with van der Waals surface area (Å²) < 4.78 is 24.1. The van der Waals surface area contributed by atoms with E-state index in [-0.39, 0.29) is 17.5 Å². The number of halogens is 1. The largest absolute Gasteiger partial charge is 0.494 e. The number of benzene rings is 1. The number of hydrogen-bond acceptors (Lipinski definition) is 4. The normalized spacial score (nSPS) is 12.8. The lowest BCUT2D eigenvalue weighted by Gasteiger charge is -2.24. The van der Waals surface area contributed by atoms with Gasteiger partial charge in [-0.1, -0.05) is 18.1 Å². The molecule has 1 N–H and O–H groups in total. The second-order valence-corrected chi connectivity index (χ2v) is 6.39. The van der Waals surface area contributed by atoms with Crippen molar-refractivity contribution in [3.05, 3.63) is 46.6 Å². The second kappa shape index (κ2) is 8.69. The Hall–Kier alpha value is -2.57. The van der Waals surface area contributed by atoms with E-state index in [1.807, 2.05) is 31.9 Å². The first kappa shape index (κ1) is 19.8. The molecule has 2 rings (SSSR count). The molecule has 0 saturated heterocycles. The summed E-state index contributed by atoms with van der Waals surface area (Å²) in [5.41, 5.74) is 2.87. The van der Waals surface area contributed by atoms with E-state index in [4.69, 9.17) is 9.26 Å². The van der Waals surface area contributed by atoms with Crippen molar-refractivity contribution in [3.8, 4) is 5.75 Å². The number of aromatic nitrogens is 1. The maximum atomic E-state index is 13.9. The zero-order valence-electron chi connectivity index (χ0n) is 16.3. The number of hydrogen-bond donors (Lipinski definition) is 1. The van der Waals surface area contributed by atoms with Gasteiger partial charge in [-0.3, -0.25) is 4.99 Å². The van der Waals surface area contributed by atoms with Gasteiger partial charge in [-0.2, -0.15) is 0 Å². The van der Waals surface area contributed by atoms with Crippen molar-refractivity contribution in [2.75, 3.05) is 27.7 Å². The van der Waals surface area contributed by atoms with Gasteiger partial charge in [0, 0.05) is 38.7 Å². The van der Waals surface area contributed by atoms with Crippen LogP contribution in [0.2, 0.25) is 0 Å². The number of aryl methyl sites for hydroxylation is 2. The van der Waals surface area contributed by atoms with Crippen molar-refractivity contribution in [2.45, 2.75) is 33.2 Å². The molecule has 0 amide bonds. The van der Waals surface area contributed by atoms with Gasteiger partial charge in [0.2, 0.25) is 0 Å². The molecule has 0 aliphatic heterocycles. The number of nitrogens with one attached hydrogen (secondary N) is 1. The van der Waals surface area contributed by atoms with Gasteiger partial charge in [0.25, 0.3) is 0 Å². The van der Waals surface area contributed by atoms with E-state index in [0.717, 1.165) is 28.5 Å². The Labute approximate surface area is 154 Å². The Balaban J connectivity index is 1.98. The third kappa shape index (κ3) is 4.53. The molecule has 0 fully saturated rings. The van der Waals surface area contributed by atoms with E-state index in [1.165, 1.54) is 13.2 Å². The molecule has 0 spiro atoms. The molecule has 0 aliphatic carbocycles. The fourth-order valence-electron chi connectivity index (χ4n) is 3.08. The summed E-state index contributed by atoms with van der Waals surface area (Å²) in [6.45, 7) is 7.20. The number of guanidine groups is 1. The van der Waals surface area contributed by atoms with Gasteiger partial charge in [0.1, 0.15) is 5.76 Å². The number of rotatable bonds is 6. The molecule has 6 nitrogen and oxygen atoms in total. The molecule has 1 aromatic carbocycles. The monoisotopic (exact) mass is 362 g/mol. The summed E-state index contributed by atoms with van der Waals surface area (Å²) >= 11 is 0. The van der Waals surface area contributed by atoms with Crippen molar-refractivity contribution >= 4 is 5.96 Å². The molecule has 1 unspecified atom stereocenters. The average Bonchev–Trinajstić information content (AvgIpc) is 2.94. The Morgan fingerprint density at radius 1 is 1.42 bits per heavy atom. The van der Waals surface area contributed by atoms with Crippen molar-refractivity contribution in [1.29, 1.82) is 0 Å². The van der Waals surface area contributed by atoms with Crippen LogP contribution in [0.25, 0.3) is 0 Å². The Kier molecular flexibility index (Phi) is 6.60. The molecule has 2 aromatic rings. The molecule has 0 saturated carbocycles. The molecule has 0 bridgehead atoms. The summed E-state index contributed by atoms with van der Waals surface area (Å²) in [4.78, 5) is 6.26. The lowest BCUT2D eigenvalue weighted by Crippen LogP contribution is -2.40. The van der Waals surface area contributed by atoms with Gasteiger partial charge >= 0.3 is 0 Å². The second-order valence-electron chi connectivity index (χ2n) is 6.39. The molecule has 26 heavy (non-hydrogen) atoms. The van der Waals surface area contributed by atoms with E-state index in [2.05, 4.69) is 22.4 Å². The third-order valence-electron chi connectivity index (χ3n) is 4.36. The smallest absolute Gasteiger partial charge is 0.193 e. The molecular formula is C19H27FN4O2. The molecule has 1 aromatic heterocycles.